The normalized spacial score (nSPS) is 11.9. The smallest absolute Gasteiger partial charge is 0.245 e. The zero-order valence-electron chi connectivity index (χ0n) is 11.4. The van der Waals surface area contributed by atoms with Crippen LogP contribution >= 0.6 is 0 Å². The number of hydrogen-bond donors (Lipinski definition) is 2. The van der Waals surface area contributed by atoms with E-state index in [4.69, 9.17) is 10.5 Å². The molecule has 0 saturated heterocycles. The van der Waals surface area contributed by atoms with Gasteiger partial charge in [-0.2, -0.15) is 0 Å². The fourth-order valence-electron chi connectivity index (χ4n) is 1.95. The number of nitrogens with one attached hydrogen (secondary N) is 1. The predicted molar refractivity (Wildman–Crippen MR) is 79.2 cm³/mol. The van der Waals surface area contributed by atoms with Crippen LogP contribution in [-0.4, -0.2) is 13.0 Å². The van der Waals surface area contributed by atoms with Crippen LogP contribution in [0, 0.1) is 0 Å². The molecular formula is C16H18N2O2. The van der Waals surface area contributed by atoms with Crippen molar-refractivity contribution in [3.63, 3.8) is 0 Å². The molecule has 1 amide bonds. The molecule has 4 heteroatoms. The van der Waals surface area contributed by atoms with E-state index in [0.717, 1.165) is 16.8 Å². The maximum atomic E-state index is 12.2. The molecule has 0 unspecified atom stereocenters. The van der Waals surface area contributed by atoms with Crippen molar-refractivity contribution < 1.29 is 9.53 Å². The molecule has 1 atom stereocenters. The van der Waals surface area contributed by atoms with E-state index in [0.29, 0.717) is 6.61 Å². The molecule has 0 bridgehead atoms. The summed E-state index contributed by atoms with van der Waals surface area (Å²) in [6, 6.07) is 16.1. The number of ether oxygens (including phenoxy) is 1. The van der Waals surface area contributed by atoms with Gasteiger partial charge in [0.15, 0.2) is 0 Å². The fraction of sp³-hybridized carbons (Fsp3) is 0.188. The number of nitrogens with two attached hydrogens (primary N) is 1. The highest BCUT2D eigenvalue weighted by Gasteiger charge is 2.16. The lowest BCUT2D eigenvalue weighted by molar-refractivity contribution is -0.117. The van der Waals surface area contributed by atoms with E-state index in [1.165, 1.54) is 0 Å². The molecule has 2 rings (SSSR count). The van der Waals surface area contributed by atoms with Crippen molar-refractivity contribution in [2.24, 2.45) is 5.73 Å². The zero-order chi connectivity index (χ0) is 14.4. The van der Waals surface area contributed by atoms with Crippen molar-refractivity contribution >= 4 is 11.6 Å². The number of hydrogen-bond acceptors (Lipinski definition) is 3. The minimum Gasteiger partial charge on any atom is -0.380 e. The molecule has 0 saturated carbocycles. The van der Waals surface area contributed by atoms with Gasteiger partial charge in [-0.15, -0.1) is 0 Å². The summed E-state index contributed by atoms with van der Waals surface area (Å²) in [5.74, 6) is -0.236. The minimum atomic E-state index is -0.688. The number of carbonyl (C=O) groups is 1. The maximum absolute atomic E-state index is 12.2. The van der Waals surface area contributed by atoms with Crippen LogP contribution in [0.15, 0.2) is 54.6 Å². The summed E-state index contributed by atoms with van der Waals surface area (Å²) in [5, 5.41) is 2.85. The first-order chi connectivity index (χ1) is 9.72. The van der Waals surface area contributed by atoms with Gasteiger partial charge >= 0.3 is 0 Å². The molecule has 0 aliphatic heterocycles. The number of amides is 1. The van der Waals surface area contributed by atoms with Crippen molar-refractivity contribution in [2.45, 2.75) is 12.6 Å². The Balaban J connectivity index is 2.12. The highest BCUT2D eigenvalue weighted by Crippen LogP contribution is 2.18. The van der Waals surface area contributed by atoms with Crippen LogP contribution in [0.3, 0.4) is 0 Å². The lowest BCUT2D eigenvalue weighted by Crippen LogP contribution is -2.28. The minimum absolute atomic E-state index is 0.236. The Kier molecular flexibility index (Phi) is 4.87. The Morgan fingerprint density at radius 2 is 1.80 bits per heavy atom. The molecule has 0 spiro atoms. The molecule has 0 aliphatic carbocycles. The van der Waals surface area contributed by atoms with E-state index in [1.807, 2.05) is 54.6 Å². The van der Waals surface area contributed by atoms with Gasteiger partial charge in [0.2, 0.25) is 5.91 Å². The van der Waals surface area contributed by atoms with Gasteiger partial charge in [0.05, 0.1) is 6.61 Å². The summed E-state index contributed by atoms with van der Waals surface area (Å²) < 4.78 is 5.11. The summed E-state index contributed by atoms with van der Waals surface area (Å²) in [4.78, 5) is 12.2. The van der Waals surface area contributed by atoms with E-state index in [2.05, 4.69) is 5.32 Å². The first-order valence-corrected chi connectivity index (χ1v) is 6.40. The van der Waals surface area contributed by atoms with Gasteiger partial charge in [0, 0.05) is 18.4 Å². The number of rotatable bonds is 5. The van der Waals surface area contributed by atoms with Crippen molar-refractivity contribution in [1.82, 2.24) is 0 Å². The Bertz CT molecular complexity index is 570. The molecule has 4 nitrogen and oxygen atoms in total. The third-order valence-corrected chi connectivity index (χ3v) is 3.02. The first kappa shape index (κ1) is 14.2. The van der Waals surface area contributed by atoms with Crippen LogP contribution in [0.1, 0.15) is 17.2 Å². The highest BCUT2D eigenvalue weighted by atomic mass is 16.5. The number of para-hydroxylation sites is 1. The standard InChI is InChI=1S/C16H18N2O2/c1-20-11-13-9-5-6-10-14(13)18-16(19)15(17)12-7-3-2-4-8-12/h2-10,15H,11,17H2,1H3,(H,18,19)/t15-/m1/s1. The second-order valence-electron chi connectivity index (χ2n) is 4.47. The average molecular weight is 270 g/mol. The zero-order valence-corrected chi connectivity index (χ0v) is 11.4. The second kappa shape index (κ2) is 6.84. The lowest BCUT2D eigenvalue weighted by Gasteiger charge is -2.15. The number of benzene rings is 2. The second-order valence-corrected chi connectivity index (χ2v) is 4.47. The van der Waals surface area contributed by atoms with E-state index in [-0.39, 0.29) is 5.91 Å². The van der Waals surface area contributed by atoms with Gasteiger partial charge in [0.25, 0.3) is 0 Å². The summed E-state index contributed by atoms with van der Waals surface area (Å²) in [5.41, 5.74) is 8.40. The van der Waals surface area contributed by atoms with Gasteiger partial charge in [-0.05, 0) is 11.6 Å². The summed E-state index contributed by atoms with van der Waals surface area (Å²) in [6.07, 6.45) is 0. The maximum Gasteiger partial charge on any atom is 0.245 e. The Hall–Kier alpha value is -2.17. The molecule has 0 heterocycles. The van der Waals surface area contributed by atoms with Crippen LogP contribution in [-0.2, 0) is 16.1 Å². The molecule has 0 aromatic heterocycles. The molecule has 2 aromatic rings. The van der Waals surface area contributed by atoms with Crippen LogP contribution in [0.5, 0.6) is 0 Å². The van der Waals surface area contributed by atoms with Crippen LogP contribution in [0.2, 0.25) is 0 Å². The van der Waals surface area contributed by atoms with Gasteiger partial charge in [-0.25, -0.2) is 0 Å². The third-order valence-electron chi connectivity index (χ3n) is 3.02. The molecule has 3 N–H and O–H groups in total. The van der Waals surface area contributed by atoms with Crippen molar-refractivity contribution in [2.75, 3.05) is 12.4 Å². The predicted octanol–water partition coefficient (Wildman–Crippen LogP) is 2.47. The van der Waals surface area contributed by atoms with Gasteiger partial charge in [0.1, 0.15) is 6.04 Å². The van der Waals surface area contributed by atoms with E-state index in [1.54, 1.807) is 7.11 Å². The van der Waals surface area contributed by atoms with Crippen LogP contribution in [0.25, 0.3) is 0 Å². The molecule has 0 fully saturated rings. The SMILES string of the molecule is COCc1ccccc1NC(=O)[C@H](N)c1ccccc1. The molecule has 0 aliphatic rings. The topological polar surface area (TPSA) is 64.3 Å². The fourth-order valence-corrected chi connectivity index (χ4v) is 1.95. The summed E-state index contributed by atoms with van der Waals surface area (Å²) in [7, 11) is 1.62. The Labute approximate surface area is 118 Å². The van der Waals surface area contributed by atoms with Gasteiger partial charge in [-0.3, -0.25) is 4.79 Å². The van der Waals surface area contributed by atoms with Crippen LogP contribution < -0.4 is 11.1 Å². The average Bonchev–Trinajstić information content (AvgIpc) is 2.49. The molecule has 2 aromatic carbocycles. The lowest BCUT2D eigenvalue weighted by atomic mass is 10.1. The molecule has 0 radical (unpaired) electrons. The van der Waals surface area contributed by atoms with Gasteiger partial charge in [-0.1, -0.05) is 48.5 Å². The quantitative estimate of drug-likeness (QED) is 0.877. The number of methoxy groups -OCH3 is 1. The summed E-state index contributed by atoms with van der Waals surface area (Å²) >= 11 is 0. The molecule has 20 heavy (non-hydrogen) atoms. The highest BCUT2D eigenvalue weighted by molar-refractivity contribution is 5.95. The number of anilines is 1. The largest absolute Gasteiger partial charge is 0.380 e. The first-order valence-electron chi connectivity index (χ1n) is 6.40. The van der Waals surface area contributed by atoms with Crippen molar-refractivity contribution in [3.05, 3.63) is 65.7 Å². The van der Waals surface area contributed by atoms with Crippen molar-refractivity contribution in [1.29, 1.82) is 0 Å². The molecule has 104 valence electrons. The van der Waals surface area contributed by atoms with Crippen molar-refractivity contribution in [3.8, 4) is 0 Å². The summed E-state index contributed by atoms with van der Waals surface area (Å²) in [6.45, 7) is 0.441. The van der Waals surface area contributed by atoms with E-state index in [9.17, 15) is 4.79 Å². The van der Waals surface area contributed by atoms with E-state index < -0.39 is 6.04 Å². The van der Waals surface area contributed by atoms with Crippen LogP contribution in [0.4, 0.5) is 5.69 Å². The molecular weight excluding hydrogens is 252 g/mol. The Morgan fingerprint density at radius 1 is 1.15 bits per heavy atom. The monoisotopic (exact) mass is 270 g/mol. The number of carbonyl (C=O) groups excluding carboxylic acids is 1. The van der Waals surface area contributed by atoms with Gasteiger partial charge < -0.3 is 15.8 Å². The third kappa shape index (κ3) is 3.44. The Morgan fingerprint density at radius 3 is 2.50 bits per heavy atom. The van der Waals surface area contributed by atoms with E-state index >= 15 is 0 Å².